The van der Waals surface area contributed by atoms with Gasteiger partial charge in [-0.25, -0.2) is 4.39 Å². The summed E-state index contributed by atoms with van der Waals surface area (Å²) in [5, 5.41) is -0.433. The number of benzene rings is 2. The van der Waals surface area contributed by atoms with Gasteiger partial charge >= 0.3 is 5.97 Å². The Morgan fingerprint density at radius 1 is 1.12 bits per heavy atom. The molecule has 0 unspecified atom stereocenters. The molecule has 0 aromatic heterocycles. The van der Waals surface area contributed by atoms with E-state index < -0.39 is 15.9 Å². The minimum atomic E-state index is -1.24. The Hall–Kier alpha value is -2.91. The van der Waals surface area contributed by atoms with E-state index in [1.165, 1.54) is 35.9 Å². The van der Waals surface area contributed by atoms with E-state index in [2.05, 4.69) is 4.90 Å². The van der Waals surface area contributed by atoms with E-state index in [1.807, 2.05) is 24.3 Å². The SMILES string of the molecule is COC(=O)C1CCN(CN2C(=O)[C@@]3(S[C@@H](C)C(=O)N3c3ccc(F)cc3)c3ccccc32)CC1. The molecule has 2 fully saturated rings. The van der Waals surface area contributed by atoms with Gasteiger partial charge in [-0.2, -0.15) is 0 Å². The van der Waals surface area contributed by atoms with Crippen LogP contribution in [0.1, 0.15) is 25.3 Å². The maximum atomic E-state index is 14.2. The third kappa shape index (κ3) is 3.49. The number of amides is 2. The summed E-state index contributed by atoms with van der Waals surface area (Å²) in [5.74, 6) is -1.07. The first-order valence-corrected chi connectivity index (χ1v) is 12.2. The van der Waals surface area contributed by atoms with E-state index in [1.54, 1.807) is 24.0 Å². The number of ether oxygens (including phenoxy) is 1. The number of carbonyl (C=O) groups is 3. The van der Waals surface area contributed by atoms with E-state index in [-0.39, 0.29) is 23.7 Å². The van der Waals surface area contributed by atoms with Crippen molar-refractivity contribution < 1.29 is 23.5 Å². The zero-order valence-corrected chi connectivity index (χ0v) is 19.9. The molecule has 34 heavy (non-hydrogen) atoms. The zero-order valence-electron chi connectivity index (χ0n) is 19.1. The van der Waals surface area contributed by atoms with E-state index in [0.29, 0.717) is 38.3 Å². The fraction of sp³-hybridized carbons (Fsp3) is 0.400. The molecule has 1 spiro atoms. The summed E-state index contributed by atoms with van der Waals surface area (Å²) in [4.78, 5) is 43.5. The number of para-hydroxylation sites is 1. The standard InChI is InChI=1S/C25H26FN3O4S/c1-16-22(30)29(19-9-7-18(26)8-10-19)25(34-16)20-5-3-4-6-21(20)28(24(25)32)15-27-13-11-17(12-14-27)23(31)33-2/h3-10,16-17H,11-15H2,1-2H3/t16-,25-/m0/s1. The Morgan fingerprint density at radius 2 is 1.79 bits per heavy atom. The number of piperidine rings is 1. The second-order valence-electron chi connectivity index (χ2n) is 8.86. The number of anilines is 2. The van der Waals surface area contributed by atoms with Crippen LogP contribution in [0.2, 0.25) is 0 Å². The van der Waals surface area contributed by atoms with Crippen molar-refractivity contribution in [3.8, 4) is 0 Å². The summed E-state index contributed by atoms with van der Waals surface area (Å²) in [6.07, 6.45) is 1.35. The average molecular weight is 484 g/mol. The lowest BCUT2D eigenvalue weighted by atomic mass is 9.97. The van der Waals surface area contributed by atoms with Crippen molar-refractivity contribution in [2.45, 2.75) is 29.9 Å². The van der Waals surface area contributed by atoms with Crippen LogP contribution in [0, 0.1) is 11.7 Å². The highest BCUT2D eigenvalue weighted by Crippen LogP contribution is 2.57. The molecule has 0 bridgehead atoms. The molecule has 2 aromatic carbocycles. The predicted molar refractivity (Wildman–Crippen MR) is 128 cm³/mol. The summed E-state index contributed by atoms with van der Waals surface area (Å²) in [6, 6.07) is 13.3. The highest BCUT2D eigenvalue weighted by molar-refractivity contribution is 8.03. The molecule has 178 valence electrons. The lowest BCUT2D eigenvalue weighted by molar-refractivity contribution is -0.147. The predicted octanol–water partition coefficient (Wildman–Crippen LogP) is 3.34. The van der Waals surface area contributed by atoms with Crippen LogP contribution in [0.25, 0.3) is 0 Å². The maximum absolute atomic E-state index is 14.2. The smallest absolute Gasteiger partial charge is 0.308 e. The number of hydrogen-bond donors (Lipinski definition) is 0. The highest BCUT2D eigenvalue weighted by atomic mass is 32.2. The molecule has 2 aromatic rings. The number of fused-ring (bicyclic) bond motifs is 2. The fourth-order valence-corrected chi connectivity index (χ4v) is 6.67. The lowest BCUT2D eigenvalue weighted by Crippen LogP contribution is -2.52. The Morgan fingerprint density at radius 3 is 2.47 bits per heavy atom. The number of likely N-dealkylation sites (tertiary alicyclic amines) is 1. The Balaban J connectivity index is 1.49. The second kappa shape index (κ2) is 8.70. The first-order valence-electron chi connectivity index (χ1n) is 11.4. The van der Waals surface area contributed by atoms with Crippen molar-refractivity contribution in [1.82, 2.24) is 4.90 Å². The number of thioether (sulfide) groups is 1. The third-order valence-electron chi connectivity index (χ3n) is 6.87. The van der Waals surface area contributed by atoms with E-state index in [4.69, 9.17) is 4.74 Å². The first kappa shape index (κ1) is 22.9. The van der Waals surface area contributed by atoms with Crippen molar-refractivity contribution in [3.05, 3.63) is 59.9 Å². The normalized spacial score (nSPS) is 25.3. The second-order valence-corrected chi connectivity index (χ2v) is 10.4. The molecule has 2 amide bonds. The summed E-state index contributed by atoms with van der Waals surface area (Å²) >= 11 is 1.33. The lowest BCUT2D eigenvalue weighted by Gasteiger charge is -2.36. The minimum absolute atomic E-state index is 0.119. The number of methoxy groups -OCH3 is 1. The largest absolute Gasteiger partial charge is 0.469 e. The molecule has 3 aliphatic heterocycles. The summed E-state index contributed by atoms with van der Waals surface area (Å²) < 4.78 is 18.5. The van der Waals surface area contributed by atoms with Gasteiger partial charge in [0.25, 0.3) is 5.91 Å². The van der Waals surface area contributed by atoms with E-state index in [9.17, 15) is 18.8 Å². The van der Waals surface area contributed by atoms with Gasteiger partial charge in [-0.15, -0.1) is 11.8 Å². The summed E-state index contributed by atoms with van der Waals surface area (Å²) in [5.41, 5.74) is 2.02. The number of halogens is 1. The molecule has 2 atom stereocenters. The molecule has 0 N–H and O–H groups in total. The molecule has 0 saturated carbocycles. The minimum Gasteiger partial charge on any atom is -0.469 e. The Labute approximate surface area is 201 Å². The molecular formula is C25H26FN3O4S. The van der Waals surface area contributed by atoms with Crippen molar-refractivity contribution >= 4 is 40.9 Å². The number of carbonyl (C=O) groups excluding carboxylic acids is 3. The number of rotatable bonds is 4. The Kier molecular flexibility index (Phi) is 5.85. The Bertz CT molecular complexity index is 1140. The van der Waals surface area contributed by atoms with Gasteiger partial charge in [0.15, 0.2) is 0 Å². The van der Waals surface area contributed by atoms with Crippen molar-refractivity contribution in [2.24, 2.45) is 5.92 Å². The first-order chi connectivity index (χ1) is 16.4. The van der Waals surface area contributed by atoms with Crippen LogP contribution in [0.5, 0.6) is 0 Å². The topological polar surface area (TPSA) is 70.2 Å². The van der Waals surface area contributed by atoms with E-state index >= 15 is 0 Å². The zero-order chi connectivity index (χ0) is 24.0. The molecule has 5 rings (SSSR count). The van der Waals surface area contributed by atoms with Gasteiger partial charge in [-0.3, -0.25) is 29.1 Å². The molecule has 3 heterocycles. The molecular weight excluding hydrogens is 457 g/mol. The highest BCUT2D eigenvalue weighted by Gasteiger charge is 2.63. The van der Waals surface area contributed by atoms with Crippen molar-refractivity contribution in [3.63, 3.8) is 0 Å². The fourth-order valence-electron chi connectivity index (χ4n) is 5.15. The van der Waals surface area contributed by atoms with Gasteiger partial charge in [0.2, 0.25) is 10.8 Å². The van der Waals surface area contributed by atoms with Gasteiger partial charge in [-0.1, -0.05) is 18.2 Å². The number of esters is 1. The van der Waals surface area contributed by atoms with E-state index in [0.717, 1.165) is 11.3 Å². The van der Waals surface area contributed by atoms with Crippen LogP contribution in [-0.2, 0) is 24.0 Å². The third-order valence-corrected chi connectivity index (χ3v) is 8.35. The summed E-state index contributed by atoms with van der Waals surface area (Å²) in [7, 11) is 1.41. The molecule has 0 aliphatic carbocycles. The molecule has 7 nitrogen and oxygen atoms in total. The van der Waals surface area contributed by atoms with Crippen LogP contribution >= 0.6 is 11.8 Å². The molecule has 0 radical (unpaired) electrons. The quantitative estimate of drug-likeness (QED) is 0.622. The van der Waals surface area contributed by atoms with Crippen LogP contribution in [0.3, 0.4) is 0 Å². The van der Waals surface area contributed by atoms with Gasteiger partial charge in [0, 0.05) is 24.3 Å². The van der Waals surface area contributed by atoms with Gasteiger partial charge < -0.3 is 4.74 Å². The average Bonchev–Trinajstić information content (AvgIpc) is 3.25. The molecule has 2 saturated heterocycles. The van der Waals surface area contributed by atoms with Crippen molar-refractivity contribution in [1.29, 1.82) is 0 Å². The van der Waals surface area contributed by atoms with Gasteiger partial charge in [0.1, 0.15) is 5.82 Å². The number of nitrogens with zero attached hydrogens (tertiary/aromatic N) is 3. The van der Waals surface area contributed by atoms with Crippen LogP contribution in [0.15, 0.2) is 48.5 Å². The van der Waals surface area contributed by atoms with Crippen LogP contribution in [0.4, 0.5) is 15.8 Å². The van der Waals surface area contributed by atoms with Gasteiger partial charge in [-0.05, 0) is 50.1 Å². The monoisotopic (exact) mass is 483 g/mol. The molecule has 3 aliphatic rings. The maximum Gasteiger partial charge on any atom is 0.308 e. The number of hydrogen-bond acceptors (Lipinski definition) is 6. The summed E-state index contributed by atoms with van der Waals surface area (Å²) in [6.45, 7) is 3.51. The van der Waals surface area contributed by atoms with Crippen LogP contribution < -0.4 is 9.80 Å². The molecule has 9 heteroatoms. The van der Waals surface area contributed by atoms with Crippen molar-refractivity contribution in [2.75, 3.05) is 36.7 Å². The van der Waals surface area contributed by atoms with Crippen LogP contribution in [-0.4, -0.2) is 54.8 Å². The van der Waals surface area contributed by atoms with Gasteiger partial charge in [0.05, 0.1) is 30.6 Å².